The predicted molar refractivity (Wildman–Crippen MR) is 79.6 cm³/mol. The second-order valence-corrected chi connectivity index (χ2v) is 5.27. The largest absolute Gasteiger partial charge is 0.447 e. The summed E-state index contributed by atoms with van der Waals surface area (Å²) < 4.78 is 4.93. The van der Waals surface area contributed by atoms with E-state index >= 15 is 0 Å². The molecule has 2 aliphatic heterocycles. The van der Waals surface area contributed by atoms with Gasteiger partial charge in [0.05, 0.1) is 6.54 Å². The van der Waals surface area contributed by atoms with Crippen LogP contribution in [-0.2, 0) is 9.53 Å². The zero-order valence-corrected chi connectivity index (χ0v) is 11.9. The van der Waals surface area contributed by atoms with E-state index in [0.29, 0.717) is 38.3 Å². The Bertz CT molecular complexity index is 656. The Morgan fingerprint density at radius 3 is 2.77 bits per heavy atom. The summed E-state index contributed by atoms with van der Waals surface area (Å²) in [5.41, 5.74) is 9.82. The van der Waals surface area contributed by atoms with Gasteiger partial charge in [-0.1, -0.05) is 11.2 Å². The molecule has 2 aliphatic rings. The fourth-order valence-corrected chi connectivity index (χ4v) is 2.76. The van der Waals surface area contributed by atoms with Crippen LogP contribution in [0.4, 0.5) is 16.2 Å². The van der Waals surface area contributed by atoms with Gasteiger partial charge in [0.1, 0.15) is 6.61 Å². The SMILES string of the molecule is [N-]=[N+]=NCC1CC(=O)N(c2cccc(N3CCOC3=O)c2)C1. The minimum Gasteiger partial charge on any atom is -0.447 e. The van der Waals surface area contributed by atoms with Gasteiger partial charge in [0.15, 0.2) is 0 Å². The topological polar surface area (TPSA) is 98.6 Å². The summed E-state index contributed by atoms with van der Waals surface area (Å²) >= 11 is 0. The Balaban J connectivity index is 1.79. The van der Waals surface area contributed by atoms with Gasteiger partial charge >= 0.3 is 6.09 Å². The van der Waals surface area contributed by atoms with Crippen LogP contribution in [0.25, 0.3) is 10.4 Å². The first-order valence-corrected chi connectivity index (χ1v) is 7.04. The van der Waals surface area contributed by atoms with Gasteiger partial charge in [-0.25, -0.2) is 4.79 Å². The number of amides is 2. The number of benzene rings is 1. The second-order valence-electron chi connectivity index (χ2n) is 5.27. The molecule has 1 atom stereocenters. The van der Waals surface area contributed by atoms with Crippen molar-refractivity contribution >= 4 is 23.4 Å². The van der Waals surface area contributed by atoms with Crippen molar-refractivity contribution in [2.24, 2.45) is 11.0 Å². The molecule has 8 heteroatoms. The molecule has 0 spiro atoms. The minimum absolute atomic E-state index is 0.000659. The van der Waals surface area contributed by atoms with Crippen molar-refractivity contribution in [3.05, 3.63) is 34.7 Å². The van der Waals surface area contributed by atoms with E-state index in [1.165, 1.54) is 0 Å². The van der Waals surface area contributed by atoms with Crippen LogP contribution in [0.2, 0.25) is 0 Å². The molecule has 0 radical (unpaired) electrons. The summed E-state index contributed by atoms with van der Waals surface area (Å²) in [6.07, 6.45) is 0.000721. The van der Waals surface area contributed by atoms with Crippen molar-refractivity contribution in [3.63, 3.8) is 0 Å². The smallest absolute Gasteiger partial charge is 0.414 e. The normalized spacial score (nSPS) is 21.0. The van der Waals surface area contributed by atoms with Crippen LogP contribution in [-0.4, -0.2) is 38.2 Å². The number of nitrogens with zero attached hydrogens (tertiary/aromatic N) is 5. The molecule has 2 heterocycles. The lowest BCUT2D eigenvalue weighted by Gasteiger charge is -2.19. The van der Waals surface area contributed by atoms with E-state index in [-0.39, 0.29) is 17.9 Å². The highest BCUT2D eigenvalue weighted by molar-refractivity contribution is 5.97. The van der Waals surface area contributed by atoms with E-state index in [4.69, 9.17) is 10.3 Å². The molecule has 0 aromatic heterocycles. The van der Waals surface area contributed by atoms with Crippen LogP contribution in [0.15, 0.2) is 29.4 Å². The number of anilines is 2. The average Bonchev–Trinajstić information content (AvgIpc) is 3.11. The van der Waals surface area contributed by atoms with E-state index in [2.05, 4.69) is 10.0 Å². The number of carbonyl (C=O) groups excluding carboxylic acids is 2. The van der Waals surface area contributed by atoms with Crippen LogP contribution >= 0.6 is 0 Å². The molecular formula is C14H15N5O3. The highest BCUT2D eigenvalue weighted by atomic mass is 16.6. The van der Waals surface area contributed by atoms with Crippen LogP contribution in [0.3, 0.4) is 0 Å². The fourth-order valence-electron chi connectivity index (χ4n) is 2.76. The van der Waals surface area contributed by atoms with E-state index in [0.717, 1.165) is 5.69 Å². The summed E-state index contributed by atoms with van der Waals surface area (Å²) in [6, 6.07) is 7.26. The third kappa shape index (κ3) is 2.68. The molecule has 0 saturated carbocycles. The molecule has 1 unspecified atom stereocenters. The lowest BCUT2D eigenvalue weighted by molar-refractivity contribution is -0.117. The van der Waals surface area contributed by atoms with Crippen LogP contribution < -0.4 is 9.80 Å². The molecule has 2 saturated heterocycles. The van der Waals surface area contributed by atoms with Crippen LogP contribution in [0.1, 0.15) is 6.42 Å². The van der Waals surface area contributed by atoms with Crippen molar-refractivity contribution in [2.75, 3.05) is 36.0 Å². The number of ether oxygens (including phenoxy) is 1. The molecule has 8 nitrogen and oxygen atoms in total. The van der Waals surface area contributed by atoms with Crippen molar-refractivity contribution in [3.8, 4) is 0 Å². The number of hydrogen-bond acceptors (Lipinski definition) is 4. The van der Waals surface area contributed by atoms with Crippen LogP contribution in [0.5, 0.6) is 0 Å². The number of rotatable bonds is 4. The first-order chi connectivity index (χ1) is 10.7. The molecule has 0 N–H and O–H groups in total. The van der Waals surface area contributed by atoms with Gasteiger partial charge in [-0.15, -0.1) is 0 Å². The first-order valence-electron chi connectivity index (χ1n) is 7.04. The highest BCUT2D eigenvalue weighted by Gasteiger charge is 2.31. The van der Waals surface area contributed by atoms with Crippen molar-refractivity contribution in [1.82, 2.24) is 0 Å². The van der Waals surface area contributed by atoms with Gasteiger partial charge in [-0.05, 0) is 29.6 Å². The second kappa shape index (κ2) is 5.95. The van der Waals surface area contributed by atoms with Gasteiger partial charge < -0.3 is 9.64 Å². The summed E-state index contributed by atoms with van der Waals surface area (Å²) in [4.78, 5) is 29.7. The first kappa shape index (κ1) is 14.2. The number of hydrogen-bond donors (Lipinski definition) is 0. The summed E-state index contributed by atoms with van der Waals surface area (Å²) in [5.74, 6) is 0.0306. The molecular weight excluding hydrogens is 286 g/mol. The van der Waals surface area contributed by atoms with Gasteiger partial charge in [-0.2, -0.15) is 0 Å². The zero-order chi connectivity index (χ0) is 15.5. The number of carbonyl (C=O) groups is 2. The maximum Gasteiger partial charge on any atom is 0.414 e. The van der Waals surface area contributed by atoms with Gasteiger partial charge in [0.2, 0.25) is 5.91 Å². The third-order valence-electron chi connectivity index (χ3n) is 3.82. The Kier molecular flexibility index (Phi) is 3.84. The molecule has 114 valence electrons. The lowest BCUT2D eigenvalue weighted by atomic mass is 10.1. The lowest BCUT2D eigenvalue weighted by Crippen LogP contribution is -2.26. The monoisotopic (exact) mass is 301 g/mol. The fraction of sp³-hybridized carbons (Fsp3) is 0.429. The Hall–Kier alpha value is -2.73. The molecule has 0 bridgehead atoms. The number of azide groups is 1. The van der Waals surface area contributed by atoms with Crippen molar-refractivity contribution < 1.29 is 14.3 Å². The van der Waals surface area contributed by atoms with Crippen LogP contribution in [0, 0.1) is 5.92 Å². The quantitative estimate of drug-likeness (QED) is 0.484. The molecule has 1 aromatic carbocycles. The molecule has 22 heavy (non-hydrogen) atoms. The zero-order valence-electron chi connectivity index (χ0n) is 11.9. The van der Waals surface area contributed by atoms with E-state index in [1.807, 2.05) is 18.2 Å². The summed E-state index contributed by atoms with van der Waals surface area (Å²) in [5, 5.41) is 3.54. The molecule has 1 aromatic rings. The van der Waals surface area contributed by atoms with E-state index in [9.17, 15) is 9.59 Å². The standard InChI is InChI=1S/C14H15N5O3/c15-17-16-8-10-6-13(20)19(9-10)12-3-1-2-11(7-12)18-4-5-22-14(18)21/h1-3,7,10H,4-6,8-9H2. The Morgan fingerprint density at radius 1 is 1.32 bits per heavy atom. The predicted octanol–water partition coefficient (Wildman–Crippen LogP) is 2.31. The third-order valence-corrected chi connectivity index (χ3v) is 3.82. The van der Waals surface area contributed by atoms with Gasteiger partial charge in [0, 0.05) is 35.8 Å². The summed E-state index contributed by atoms with van der Waals surface area (Å²) in [7, 11) is 0. The maximum atomic E-state index is 12.1. The molecule has 0 aliphatic carbocycles. The molecule has 2 amide bonds. The number of cyclic esters (lactones) is 1. The van der Waals surface area contributed by atoms with E-state index in [1.54, 1.807) is 15.9 Å². The van der Waals surface area contributed by atoms with E-state index < -0.39 is 0 Å². The van der Waals surface area contributed by atoms with Gasteiger partial charge in [-0.3, -0.25) is 9.69 Å². The minimum atomic E-state index is -0.369. The maximum absolute atomic E-state index is 12.1. The van der Waals surface area contributed by atoms with Crippen molar-refractivity contribution in [2.45, 2.75) is 6.42 Å². The Labute approximate surface area is 126 Å². The highest BCUT2D eigenvalue weighted by Crippen LogP contribution is 2.29. The van der Waals surface area contributed by atoms with Gasteiger partial charge in [0.25, 0.3) is 0 Å². The summed E-state index contributed by atoms with van der Waals surface area (Å²) in [6.45, 7) is 1.72. The molecule has 3 rings (SSSR count). The average molecular weight is 301 g/mol. The van der Waals surface area contributed by atoms with Crippen molar-refractivity contribution in [1.29, 1.82) is 0 Å². The molecule has 2 fully saturated rings. The Morgan fingerprint density at radius 2 is 2.09 bits per heavy atom.